The van der Waals surface area contributed by atoms with Crippen LogP contribution in [0.2, 0.25) is 5.02 Å². The third-order valence-electron chi connectivity index (χ3n) is 6.00. The molecule has 9 heteroatoms. The molecule has 2 aromatic rings. The van der Waals surface area contributed by atoms with E-state index in [0.29, 0.717) is 33.5 Å². The van der Waals surface area contributed by atoms with Gasteiger partial charge in [-0.25, -0.2) is 0 Å². The smallest absolute Gasteiger partial charge is 0.250 e. The highest BCUT2D eigenvalue weighted by Crippen LogP contribution is 2.48. The standard InChI is InChI=1S/C22H24ClN3O5/c1-11(27)17-10-15(20(28)24-18-9-13(30-2)5-7-19(18)31-3)22(26-17)14-8-12(23)4-6-16(14)25-21(22)29/h4-9,11,15,17,26-27H,10H2,1-3H3,(H,24,28)(H,25,29)/t11-,15+,17-,22-/m1/s1. The molecule has 2 heterocycles. The van der Waals surface area contributed by atoms with E-state index in [0.717, 1.165) is 0 Å². The van der Waals surface area contributed by atoms with Crippen LogP contribution in [0.1, 0.15) is 18.9 Å². The summed E-state index contributed by atoms with van der Waals surface area (Å²) in [4.78, 5) is 26.7. The number of benzene rings is 2. The highest BCUT2D eigenvalue weighted by atomic mass is 35.5. The van der Waals surface area contributed by atoms with Crippen LogP contribution in [0.3, 0.4) is 0 Å². The molecule has 31 heavy (non-hydrogen) atoms. The molecular formula is C22H24ClN3O5. The maximum absolute atomic E-state index is 13.5. The highest BCUT2D eigenvalue weighted by molar-refractivity contribution is 6.31. The van der Waals surface area contributed by atoms with Gasteiger partial charge in [0.15, 0.2) is 0 Å². The van der Waals surface area contributed by atoms with Gasteiger partial charge < -0.3 is 25.2 Å². The number of halogens is 1. The van der Waals surface area contributed by atoms with E-state index >= 15 is 0 Å². The number of anilines is 2. The third kappa shape index (κ3) is 3.50. The predicted octanol–water partition coefficient (Wildman–Crippen LogP) is 2.50. The molecule has 0 aliphatic carbocycles. The lowest BCUT2D eigenvalue weighted by molar-refractivity contribution is -0.130. The summed E-state index contributed by atoms with van der Waals surface area (Å²) in [5.74, 6) is -0.535. The van der Waals surface area contributed by atoms with E-state index in [2.05, 4.69) is 16.0 Å². The molecule has 0 unspecified atom stereocenters. The Bertz CT molecular complexity index is 1040. The zero-order valence-corrected chi connectivity index (χ0v) is 18.1. The van der Waals surface area contributed by atoms with Gasteiger partial charge in [-0.15, -0.1) is 0 Å². The molecule has 4 atom stereocenters. The summed E-state index contributed by atoms with van der Waals surface area (Å²) >= 11 is 6.21. The number of methoxy groups -OCH3 is 2. The van der Waals surface area contributed by atoms with Crippen LogP contribution < -0.4 is 25.4 Å². The van der Waals surface area contributed by atoms with E-state index in [9.17, 15) is 14.7 Å². The van der Waals surface area contributed by atoms with Crippen molar-refractivity contribution in [2.24, 2.45) is 5.92 Å². The zero-order valence-electron chi connectivity index (χ0n) is 17.4. The largest absolute Gasteiger partial charge is 0.497 e. The van der Waals surface area contributed by atoms with E-state index in [1.54, 1.807) is 43.3 Å². The molecule has 4 N–H and O–H groups in total. The Morgan fingerprint density at radius 2 is 2.03 bits per heavy atom. The van der Waals surface area contributed by atoms with Gasteiger partial charge in [-0.1, -0.05) is 11.6 Å². The number of rotatable bonds is 5. The SMILES string of the molecule is COc1ccc(OC)c(NC(=O)[C@@H]2C[C@H]([C@@H](C)O)N[C@@]23C(=O)Nc2ccc(Cl)cc23)c1. The fourth-order valence-corrected chi connectivity index (χ4v) is 4.59. The van der Waals surface area contributed by atoms with Gasteiger partial charge in [0.25, 0.3) is 0 Å². The lowest BCUT2D eigenvalue weighted by atomic mass is 9.79. The van der Waals surface area contributed by atoms with Crippen LogP contribution in [-0.4, -0.2) is 43.3 Å². The van der Waals surface area contributed by atoms with Crippen LogP contribution in [0.5, 0.6) is 11.5 Å². The van der Waals surface area contributed by atoms with Gasteiger partial charge in [-0.05, 0) is 43.7 Å². The summed E-state index contributed by atoms with van der Waals surface area (Å²) in [5, 5.41) is 19.6. The van der Waals surface area contributed by atoms with Crippen molar-refractivity contribution in [2.45, 2.75) is 31.0 Å². The molecule has 0 bridgehead atoms. The van der Waals surface area contributed by atoms with Gasteiger partial charge in [-0.2, -0.15) is 0 Å². The van der Waals surface area contributed by atoms with Gasteiger partial charge in [0.2, 0.25) is 11.8 Å². The first-order valence-electron chi connectivity index (χ1n) is 9.90. The molecule has 0 aromatic heterocycles. The number of fused-ring (bicyclic) bond motifs is 2. The van der Waals surface area contributed by atoms with Crippen molar-refractivity contribution >= 4 is 34.8 Å². The van der Waals surface area contributed by atoms with Crippen molar-refractivity contribution in [3.05, 3.63) is 47.0 Å². The fourth-order valence-electron chi connectivity index (χ4n) is 4.42. The van der Waals surface area contributed by atoms with E-state index in [1.165, 1.54) is 14.2 Å². The van der Waals surface area contributed by atoms with Gasteiger partial charge in [-0.3, -0.25) is 14.9 Å². The minimum absolute atomic E-state index is 0.259. The minimum atomic E-state index is -1.35. The fraction of sp³-hybridized carbons (Fsp3) is 0.364. The summed E-state index contributed by atoms with van der Waals surface area (Å²) in [6.45, 7) is 1.63. The molecule has 0 radical (unpaired) electrons. The second-order valence-corrected chi connectivity index (χ2v) is 8.22. The second-order valence-electron chi connectivity index (χ2n) is 7.79. The van der Waals surface area contributed by atoms with Crippen LogP contribution in [0.25, 0.3) is 0 Å². The van der Waals surface area contributed by atoms with E-state index in [1.807, 2.05) is 0 Å². The molecule has 2 aromatic carbocycles. The van der Waals surface area contributed by atoms with Crippen molar-refractivity contribution in [1.29, 1.82) is 0 Å². The molecule has 1 spiro atoms. The van der Waals surface area contributed by atoms with Gasteiger partial charge in [0, 0.05) is 28.4 Å². The van der Waals surface area contributed by atoms with Crippen molar-refractivity contribution in [1.82, 2.24) is 5.32 Å². The molecule has 2 aliphatic heterocycles. The molecule has 2 amide bonds. The number of aliphatic hydroxyl groups is 1. The molecule has 4 rings (SSSR count). The van der Waals surface area contributed by atoms with Crippen molar-refractivity contribution in [2.75, 3.05) is 24.9 Å². The highest BCUT2D eigenvalue weighted by Gasteiger charge is 2.60. The summed E-state index contributed by atoms with van der Waals surface area (Å²) in [7, 11) is 3.03. The van der Waals surface area contributed by atoms with Crippen molar-refractivity contribution < 1.29 is 24.2 Å². The second kappa shape index (κ2) is 8.03. The Labute approximate surface area is 184 Å². The van der Waals surface area contributed by atoms with Crippen LogP contribution in [0.15, 0.2) is 36.4 Å². The molecule has 2 aliphatic rings. The first kappa shape index (κ1) is 21.4. The van der Waals surface area contributed by atoms with Crippen LogP contribution in [0, 0.1) is 5.92 Å². The lowest BCUT2D eigenvalue weighted by Crippen LogP contribution is -2.53. The summed E-state index contributed by atoms with van der Waals surface area (Å²) in [6.07, 6.45) is -0.508. The number of hydrogen-bond donors (Lipinski definition) is 4. The Kier molecular flexibility index (Phi) is 5.55. The molecule has 0 saturated carbocycles. The first-order chi connectivity index (χ1) is 14.8. The van der Waals surface area contributed by atoms with Gasteiger partial charge in [0.1, 0.15) is 17.0 Å². The van der Waals surface area contributed by atoms with Crippen LogP contribution in [-0.2, 0) is 15.1 Å². The van der Waals surface area contributed by atoms with Crippen molar-refractivity contribution in [3.63, 3.8) is 0 Å². The molecule has 8 nitrogen and oxygen atoms in total. The maximum atomic E-state index is 13.5. The van der Waals surface area contributed by atoms with Crippen LogP contribution >= 0.6 is 11.6 Å². The topological polar surface area (TPSA) is 109 Å². The van der Waals surface area contributed by atoms with E-state index in [-0.39, 0.29) is 18.2 Å². The average molecular weight is 446 g/mol. The Hall–Kier alpha value is -2.81. The van der Waals surface area contributed by atoms with Crippen LogP contribution in [0.4, 0.5) is 11.4 Å². The summed E-state index contributed by atoms with van der Waals surface area (Å²) in [5.41, 5.74) is 0.251. The number of nitrogens with one attached hydrogen (secondary N) is 3. The maximum Gasteiger partial charge on any atom is 0.250 e. The normalized spacial score (nSPS) is 25.1. The van der Waals surface area contributed by atoms with Crippen molar-refractivity contribution in [3.8, 4) is 11.5 Å². The summed E-state index contributed by atoms with van der Waals surface area (Å²) in [6, 6.07) is 9.67. The first-order valence-corrected chi connectivity index (χ1v) is 10.3. The molecule has 164 valence electrons. The summed E-state index contributed by atoms with van der Waals surface area (Å²) < 4.78 is 10.6. The minimum Gasteiger partial charge on any atom is -0.497 e. The van der Waals surface area contributed by atoms with Gasteiger partial charge in [0.05, 0.1) is 31.9 Å². The number of aliphatic hydroxyl groups excluding tert-OH is 1. The lowest BCUT2D eigenvalue weighted by Gasteiger charge is -2.29. The Morgan fingerprint density at radius 1 is 1.26 bits per heavy atom. The number of ether oxygens (including phenoxy) is 2. The Morgan fingerprint density at radius 3 is 2.71 bits per heavy atom. The molecule has 1 saturated heterocycles. The number of carbonyl (C=O) groups excluding carboxylic acids is 2. The van der Waals surface area contributed by atoms with E-state index < -0.39 is 23.6 Å². The molecular weight excluding hydrogens is 422 g/mol. The third-order valence-corrected chi connectivity index (χ3v) is 6.24. The number of hydrogen-bond acceptors (Lipinski definition) is 6. The average Bonchev–Trinajstić information content (AvgIpc) is 3.28. The van der Waals surface area contributed by atoms with Gasteiger partial charge >= 0.3 is 0 Å². The quantitative estimate of drug-likeness (QED) is 0.563. The monoisotopic (exact) mass is 445 g/mol. The molecule has 1 fully saturated rings. The number of amides is 2. The predicted molar refractivity (Wildman–Crippen MR) is 117 cm³/mol. The zero-order chi connectivity index (χ0) is 22.3. The number of carbonyl (C=O) groups is 2. The Balaban J connectivity index is 1.75. The van der Waals surface area contributed by atoms with E-state index in [4.69, 9.17) is 21.1 Å².